The fourth-order valence-electron chi connectivity index (χ4n) is 4.01. The van der Waals surface area contributed by atoms with Crippen LogP contribution in [0.5, 0.6) is 0 Å². The first kappa shape index (κ1) is 16.3. The maximum absolute atomic E-state index is 13.1. The summed E-state index contributed by atoms with van der Waals surface area (Å²) in [6, 6.07) is 5.76. The van der Waals surface area contributed by atoms with Gasteiger partial charge in [-0.2, -0.15) is 11.3 Å². The normalized spacial score (nSPS) is 23.4. The fourth-order valence-corrected chi connectivity index (χ4v) is 4.64. The smallest absolute Gasteiger partial charge is 0.254 e. The van der Waals surface area contributed by atoms with E-state index in [1.54, 1.807) is 6.20 Å². The molecule has 2 aliphatic heterocycles. The van der Waals surface area contributed by atoms with Gasteiger partial charge in [0.2, 0.25) is 5.91 Å². The molecule has 0 N–H and O–H groups in total. The first-order valence-corrected chi connectivity index (χ1v) is 9.62. The van der Waals surface area contributed by atoms with Gasteiger partial charge in [-0.1, -0.05) is 6.07 Å². The number of carbonyl (C=O) groups is 2. The highest BCUT2D eigenvalue weighted by atomic mass is 32.1. The molecule has 0 unspecified atom stereocenters. The predicted molar refractivity (Wildman–Crippen MR) is 96.2 cm³/mol. The molecule has 2 aromatic rings. The van der Waals surface area contributed by atoms with Crippen LogP contribution >= 0.6 is 11.3 Å². The van der Waals surface area contributed by atoms with Gasteiger partial charge in [-0.15, -0.1) is 0 Å². The van der Waals surface area contributed by atoms with Crippen molar-refractivity contribution >= 4 is 23.2 Å². The molecule has 0 aliphatic carbocycles. The molecular weight excluding hydrogens is 334 g/mol. The summed E-state index contributed by atoms with van der Waals surface area (Å²) in [5.74, 6) is 0.248. The Balaban J connectivity index is 1.48. The number of hydrogen-bond acceptors (Lipinski definition) is 4. The topological polar surface area (TPSA) is 53.5 Å². The van der Waals surface area contributed by atoms with Gasteiger partial charge < -0.3 is 9.80 Å². The lowest BCUT2D eigenvalue weighted by Crippen LogP contribution is -2.49. The molecule has 130 valence electrons. The standard InChI is InChI=1S/C19H21N3O2S/c23-17(16-4-10-25-13-16)22-8-2-5-19(14-22)6-9-21(18(19)24)12-15-3-1-7-20-11-15/h1,3-4,7,10-11,13H,2,5-6,8-9,12,14H2/t19-/m0/s1. The molecule has 5 nitrogen and oxygen atoms in total. The van der Waals surface area contributed by atoms with Crippen molar-refractivity contribution in [3.05, 3.63) is 52.5 Å². The van der Waals surface area contributed by atoms with E-state index in [0.717, 1.165) is 43.5 Å². The lowest BCUT2D eigenvalue weighted by Gasteiger charge is -2.39. The molecule has 0 radical (unpaired) electrons. The van der Waals surface area contributed by atoms with Crippen LogP contribution in [0.1, 0.15) is 35.2 Å². The molecule has 2 saturated heterocycles. The summed E-state index contributed by atoms with van der Waals surface area (Å²) in [5.41, 5.74) is 1.39. The highest BCUT2D eigenvalue weighted by molar-refractivity contribution is 7.08. The van der Waals surface area contributed by atoms with Crippen molar-refractivity contribution in [1.82, 2.24) is 14.8 Å². The van der Waals surface area contributed by atoms with Gasteiger partial charge in [0, 0.05) is 44.0 Å². The number of rotatable bonds is 3. The summed E-state index contributed by atoms with van der Waals surface area (Å²) < 4.78 is 0. The molecule has 4 rings (SSSR count). The van der Waals surface area contributed by atoms with Crippen molar-refractivity contribution in [2.24, 2.45) is 5.41 Å². The van der Waals surface area contributed by atoms with Crippen molar-refractivity contribution < 1.29 is 9.59 Å². The first-order valence-electron chi connectivity index (χ1n) is 8.68. The van der Waals surface area contributed by atoms with Gasteiger partial charge >= 0.3 is 0 Å². The van der Waals surface area contributed by atoms with E-state index in [9.17, 15) is 9.59 Å². The second-order valence-corrected chi connectivity index (χ2v) is 7.74. The van der Waals surface area contributed by atoms with Crippen LogP contribution in [0.15, 0.2) is 41.4 Å². The zero-order valence-corrected chi connectivity index (χ0v) is 14.9. The van der Waals surface area contributed by atoms with Gasteiger partial charge in [-0.3, -0.25) is 14.6 Å². The van der Waals surface area contributed by atoms with E-state index in [1.807, 2.05) is 45.0 Å². The minimum atomic E-state index is -0.397. The van der Waals surface area contributed by atoms with Gasteiger partial charge in [0.15, 0.2) is 0 Å². The number of aromatic nitrogens is 1. The Bertz CT molecular complexity index is 762. The third-order valence-electron chi connectivity index (χ3n) is 5.33. The van der Waals surface area contributed by atoms with Gasteiger partial charge in [0.05, 0.1) is 11.0 Å². The maximum atomic E-state index is 13.1. The Labute approximate surface area is 151 Å². The van der Waals surface area contributed by atoms with E-state index in [0.29, 0.717) is 13.1 Å². The Morgan fingerprint density at radius 3 is 2.96 bits per heavy atom. The van der Waals surface area contributed by atoms with E-state index in [1.165, 1.54) is 11.3 Å². The second kappa shape index (κ2) is 6.59. The second-order valence-electron chi connectivity index (χ2n) is 6.96. The summed E-state index contributed by atoms with van der Waals surface area (Å²) in [6.45, 7) is 2.65. The first-order chi connectivity index (χ1) is 12.2. The third kappa shape index (κ3) is 3.06. The largest absolute Gasteiger partial charge is 0.338 e. The zero-order chi connectivity index (χ0) is 17.3. The average Bonchev–Trinajstić information content (AvgIpc) is 3.28. The summed E-state index contributed by atoms with van der Waals surface area (Å²) in [6.07, 6.45) is 6.15. The van der Waals surface area contributed by atoms with E-state index >= 15 is 0 Å². The zero-order valence-electron chi connectivity index (χ0n) is 14.1. The van der Waals surface area contributed by atoms with Crippen LogP contribution in [0.2, 0.25) is 0 Å². The quantitative estimate of drug-likeness (QED) is 0.851. The number of likely N-dealkylation sites (tertiary alicyclic amines) is 2. The van der Waals surface area contributed by atoms with Gasteiger partial charge in [-0.25, -0.2) is 0 Å². The van der Waals surface area contributed by atoms with E-state index in [-0.39, 0.29) is 11.8 Å². The van der Waals surface area contributed by atoms with Crippen LogP contribution in [-0.2, 0) is 11.3 Å². The summed E-state index contributed by atoms with van der Waals surface area (Å²) in [5, 5.41) is 3.80. The predicted octanol–water partition coefficient (Wildman–Crippen LogP) is 2.80. The SMILES string of the molecule is O=C(c1ccsc1)N1CCC[C@]2(CCN(Cc3cccnc3)C2=O)C1. The minimum Gasteiger partial charge on any atom is -0.338 e. The molecule has 0 aromatic carbocycles. The van der Waals surface area contributed by atoms with Gasteiger partial charge in [0.1, 0.15) is 0 Å². The van der Waals surface area contributed by atoms with Crippen molar-refractivity contribution in [3.63, 3.8) is 0 Å². The fraction of sp³-hybridized carbons (Fsp3) is 0.421. The molecule has 4 heterocycles. The lowest BCUT2D eigenvalue weighted by atomic mass is 9.78. The number of amides is 2. The Morgan fingerprint density at radius 2 is 2.20 bits per heavy atom. The number of piperidine rings is 1. The molecule has 1 spiro atoms. The van der Waals surface area contributed by atoms with Crippen LogP contribution in [0.3, 0.4) is 0 Å². The third-order valence-corrected chi connectivity index (χ3v) is 6.01. The van der Waals surface area contributed by atoms with Crippen molar-refractivity contribution in [2.45, 2.75) is 25.8 Å². The van der Waals surface area contributed by atoms with E-state index in [4.69, 9.17) is 0 Å². The number of thiophene rings is 1. The lowest BCUT2D eigenvalue weighted by molar-refractivity contribution is -0.138. The highest BCUT2D eigenvalue weighted by Gasteiger charge is 2.49. The molecule has 6 heteroatoms. The van der Waals surface area contributed by atoms with Crippen LogP contribution in [0.4, 0.5) is 0 Å². The summed E-state index contributed by atoms with van der Waals surface area (Å²) >= 11 is 1.53. The molecule has 2 aromatic heterocycles. The molecule has 0 saturated carbocycles. The molecule has 2 aliphatic rings. The van der Waals surface area contributed by atoms with Crippen LogP contribution in [0.25, 0.3) is 0 Å². The molecule has 2 fully saturated rings. The molecule has 25 heavy (non-hydrogen) atoms. The van der Waals surface area contributed by atoms with Gasteiger partial charge in [0.25, 0.3) is 5.91 Å². The minimum absolute atomic E-state index is 0.0545. The van der Waals surface area contributed by atoms with E-state index in [2.05, 4.69) is 4.98 Å². The van der Waals surface area contributed by atoms with Crippen LogP contribution in [-0.4, -0.2) is 46.2 Å². The van der Waals surface area contributed by atoms with Crippen molar-refractivity contribution in [1.29, 1.82) is 0 Å². The van der Waals surface area contributed by atoms with Crippen molar-refractivity contribution in [3.8, 4) is 0 Å². The van der Waals surface area contributed by atoms with Crippen LogP contribution < -0.4 is 0 Å². The Morgan fingerprint density at radius 1 is 1.28 bits per heavy atom. The number of carbonyl (C=O) groups excluding carboxylic acids is 2. The number of pyridine rings is 1. The Kier molecular flexibility index (Phi) is 4.29. The number of nitrogens with zero attached hydrogens (tertiary/aromatic N) is 3. The Hall–Kier alpha value is -2.21. The monoisotopic (exact) mass is 355 g/mol. The summed E-state index contributed by atoms with van der Waals surface area (Å²) in [4.78, 5) is 33.7. The molecule has 2 amide bonds. The molecule has 1 atom stereocenters. The number of hydrogen-bond donors (Lipinski definition) is 0. The molecule has 0 bridgehead atoms. The van der Waals surface area contributed by atoms with Crippen LogP contribution in [0, 0.1) is 5.41 Å². The average molecular weight is 355 g/mol. The van der Waals surface area contributed by atoms with Gasteiger partial charge in [-0.05, 0) is 42.3 Å². The van der Waals surface area contributed by atoms with Crippen molar-refractivity contribution in [2.75, 3.05) is 19.6 Å². The van der Waals surface area contributed by atoms with E-state index < -0.39 is 5.41 Å². The highest BCUT2D eigenvalue weighted by Crippen LogP contribution is 2.41. The summed E-state index contributed by atoms with van der Waals surface area (Å²) in [7, 11) is 0. The molecular formula is C19H21N3O2S. The maximum Gasteiger partial charge on any atom is 0.254 e.